The highest BCUT2D eigenvalue weighted by Crippen LogP contribution is 2.21. The molecule has 1 heterocycles. The van der Waals surface area contributed by atoms with E-state index >= 15 is 0 Å². The predicted molar refractivity (Wildman–Crippen MR) is 96.6 cm³/mol. The highest BCUT2D eigenvalue weighted by molar-refractivity contribution is 7.99. The number of nitrogens with zero attached hydrogens (tertiary/aromatic N) is 3. The highest BCUT2D eigenvalue weighted by atomic mass is 35.5. The maximum atomic E-state index is 12.1. The Morgan fingerprint density at radius 3 is 2.61 bits per heavy atom. The van der Waals surface area contributed by atoms with Crippen molar-refractivity contribution in [2.45, 2.75) is 19.0 Å². The van der Waals surface area contributed by atoms with Crippen molar-refractivity contribution < 1.29 is 4.79 Å². The van der Waals surface area contributed by atoms with E-state index in [9.17, 15) is 4.79 Å². The molecule has 0 fully saturated rings. The fraction of sp³-hybridized carbons (Fsp3) is 0.312. The van der Waals surface area contributed by atoms with Gasteiger partial charge in [0, 0.05) is 25.8 Å². The fourth-order valence-electron chi connectivity index (χ4n) is 1.83. The van der Waals surface area contributed by atoms with Crippen LogP contribution in [0, 0.1) is 13.8 Å². The zero-order valence-electron chi connectivity index (χ0n) is 13.6. The van der Waals surface area contributed by atoms with Crippen LogP contribution in [-0.2, 0) is 4.79 Å². The van der Waals surface area contributed by atoms with Crippen LogP contribution in [0.2, 0.25) is 5.15 Å². The highest BCUT2D eigenvalue weighted by Gasteiger charge is 2.09. The second kappa shape index (κ2) is 7.66. The summed E-state index contributed by atoms with van der Waals surface area (Å²) in [6.07, 6.45) is 0. The van der Waals surface area contributed by atoms with Gasteiger partial charge in [0.15, 0.2) is 5.16 Å². The maximum absolute atomic E-state index is 12.1. The monoisotopic (exact) mass is 350 g/mol. The smallest absolute Gasteiger partial charge is 0.234 e. The lowest BCUT2D eigenvalue weighted by molar-refractivity contribution is -0.113. The first-order valence-electron chi connectivity index (χ1n) is 7.07. The summed E-state index contributed by atoms with van der Waals surface area (Å²) in [7, 11) is 3.75. The molecule has 1 N–H and O–H groups in total. The number of benzene rings is 1. The molecule has 1 amide bonds. The second-order valence-electron chi connectivity index (χ2n) is 5.36. The number of hydrogen-bond acceptors (Lipinski definition) is 5. The van der Waals surface area contributed by atoms with Gasteiger partial charge in [0.05, 0.1) is 5.75 Å². The lowest BCUT2D eigenvalue weighted by Gasteiger charge is -2.12. The first-order chi connectivity index (χ1) is 10.8. The molecule has 0 saturated heterocycles. The van der Waals surface area contributed by atoms with Gasteiger partial charge in [0.25, 0.3) is 0 Å². The first-order valence-corrected chi connectivity index (χ1v) is 8.43. The molecular formula is C16H19ClN4OS. The summed E-state index contributed by atoms with van der Waals surface area (Å²) in [5, 5.41) is 3.72. The molecule has 0 unspecified atom stereocenters. The van der Waals surface area contributed by atoms with Crippen LogP contribution in [0.25, 0.3) is 0 Å². The Balaban J connectivity index is 1.97. The van der Waals surface area contributed by atoms with Crippen LogP contribution in [0.4, 0.5) is 11.5 Å². The minimum absolute atomic E-state index is 0.103. The third-order valence-corrected chi connectivity index (χ3v) is 4.28. The van der Waals surface area contributed by atoms with Gasteiger partial charge in [-0.25, -0.2) is 9.97 Å². The van der Waals surface area contributed by atoms with E-state index in [4.69, 9.17) is 11.6 Å². The van der Waals surface area contributed by atoms with E-state index in [2.05, 4.69) is 15.3 Å². The van der Waals surface area contributed by atoms with E-state index in [-0.39, 0.29) is 11.7 Å². The fourth-order valence-corrected chi connectivity index (χ4v) is 2.71. The zero-order chi connectivity index (χ0) is 17.0. The third-order valence-electron chi connectivity index (χ3n) is 3.24. The molecule has 1 aromatic carbocycles. The number of hydrogen-bond donors (Lipinski definition) is 1. The summed E-state index contributed by atoms with van der Waals surface area (Å²) in [5.41, 5.74) is 3.13. The van der Waals surface area contributed by atoms with Gasteiger partial charge in [-0.05, 0) is 37.1 Å². The number of aryl methyl sites for hydroxylation is 2. The largest absolute Gasteiger partial charge is 0.363 e. The Hall–Kier alpha value is -1.79. The van der Waals surface area contributed by atoms with Crippen molar-refractivity contribution >= 4 is 40.8 Å². The molecule has 2 rings (SSSR count). The van der Waals surface area contributed by atoms with Gasteiger partial charge in [-0.2, -0.15) is 0 Å². The topological polar surface area (TPSA) is 58.1 Å². The number of nitrogens with one attached hydrogen (secondary N) is 1. The van der Waals surface area contributed by atoms with E-state index in [1.807, 2.05) is 51.0 Å². The van der Waals surface area contributed by atoms with Crippen molar-refractivity contribution in [3.63, 3.8) is 0 Å². The van der Waals surface area contributed by atoms with E-state index in [0.29, 0.717) is 16.1 Å². The summed E-state index contributed by atoms with van der Waals surface area (Å²) in [5.74, 6) is 0.829. The molecule has 23 heavy (non-hydrogen) atoms. The van der Waals surface area contributed by atoms with Crippen molar-refractivity contribution in [3.8, 4) is 0 Å². The summed E-state index contributed by atoms with van der Waals surface area (Å²) in [6, 6.07) is 7.52. The normalized spacial score (nSPS) is 10.5. The molecule has 1 aromatic heterocycles. The second-order valence-corrected chi connectivity index (χ2v) is 6.69. The molecule has 0 atom stereocenters. The van der Waals surface area contributed by atoms with Gasteiger partial charge in [-0.3, -0.25) is 4.79 Å². The van der Waals surface area contributed by atoms with Crippen LogP contribution in [0.1, 0.15) is 11.1 Å². The SMILES string of the molecule is Cc1ccc(NC(=O)CSc2nc(Cl)cc(N(C)C)n2)cc1C. The molecular weight excluding hydrogens is 332 g/mol. The number of anilines is 2. The lowest BCUT2D eigenvalue weighted by atomic mass is 10.1. The van der Waals surface area contributed by atoms with Crippen molar-refractivity contribution in [1.82, 2.24) is 9.97 Å². The van der Waals surface area contributed by atoms with Crippen molar-refractivity contribution in [1.29, 1.82) is 0 Å². The molecule has 0 radical (unpaired) electrons. The number of carbonyl (C=O) groups excluding carboxylic acids is 1. The van der Waals surface area contributed by atoms with Crippen LogP contribution >= 0.6 is 23.4 Å². The van der Waals surface area contributed by atoms with E-state index in [1.54, 1.807) is 6.07 Å². The van der Waals surface area contributed by atoms with Crippen LogP contribution in [0.3, 0.4) is 0 Å². The van der Waals surface area contributed by atoms with Crippen LogP contribution < -0.4 is 10.2 Å². The van der Waals surface area contributed by atoms with Crippen molar-refractivity contribution in [2.75, 3.05) is 30.1 Å². The quantitative estimate of drug-likeness (QED) is 0.507. The number of carbonyl (C=O) groups is 1. The lowest BCUT2D eigenvalue weighted by Crippen LogP contribution is -2.15. The van der Waals surface area contributed by atoms with Gasteiger partial charge >= 0.3 is 0 Å². The number of thioether (sulfide) groups is 1. The molecule has 7 heteroatoms. The predicted octanol–water partition coefficient (Wildman–Crippen LogP) is 3.54. The number of aromatic nitrogens is 2. The van der Waals surface area contributed by atoms with Gasteiger partial charge in [0.2, 0.25) is 5.91 Å². The first kappa shape index (κ1) is 17.6. The number of amides is 1. The van der Waals surface area contributed by atoms with Crippen LogP contribution in [0.5, 0.6) is 0 Å². The van der Waals surface area contributed by atoms with E-state index in [0.717, 1.165) is 11.3 Å². The molecule has 0 spiro atoms. The Labute approximate surface area is 145 Å². The van der Waals surface area contributed by atoms with Crippen LogP contribution in [-0.4, -0.2) is 35.7 Å². The average Bonchev–Trinajstić information content (AvgIpc) is 2.48. The number of rotatable bonds is 5. The number of halogens is 1. The van der Waals surface area contributed by atoms with E-state index in [1.165, 1.54) is 17.3 Å². The summed E-state index contributed by atoms with van der Waals surface area (Å²) in [4.78, 5) is 22.4. The Morgan fingerprint density at radius 2 is 1.96 bits per heavy atom. The molecule has 0 saturated carbocycles. The Morgan fingerprint density at radius 1 is 1.22 bits per heavy atom. The average molecular weight is 351 g/mol. The van der Waals surface area contributed by atoms with Gasteiger partial charge in [-0.15, -0.1) is 0 Å². The van der Waals surface area contributed by atoms with Crippen molar-refractivity contribution in [3.05, 3.63) is 40.5 Å². The minimum Gasteiger partial charge on any atom is -0.363 e. The summed E-state index contributed by atoms with van der Waals surface area (Å²) in [6.45, 7) is 4.05. The summed E-state index contributed by atoms with van der Waals surface area (Å²) < 4.78 is 0. The standard InChI is InChI=1S/C16H19ClN4OS/c1-10-5-6-12(7-11(10)2)18-15(22)9-23-16-19-13(17)8-14(20-16)21(3)4/h5-8H,9H2,1-4H3,(H,18,22). The summed E-state index contributed by atoms with van der Waals surface area (Å²) >= 11 is 7.24. The maximum Gasteiger partial charge on any atom is 0.234 e. The molecule has 0 aliphatic heterocycles. The molecule has 0 aliphatic rings. The van der Waals surface area contributed by atoms with Gasteiger partial charge < -0.3 is 10.2 Å². The molecule has 5 nitrogen and oxygen atoms in total. The molecule has 122 valence electrons. The van der Waals surface area contributed by atoms with Crippen LogP contribution in [0.15, 0.2) is 29.4 Å². The minimum atomic E-state index is -0.103. The van der Waals surface area contributed by atoms with E-state index < -0.39 is 0 Å². The Kier molecular flexibility index (Phi) is 5.85. The van der Waals surface area contributed by atoms with Gasteiger partial charge in [0.1, 0.15) is 11.0 Å². The molecule has 0 bridgehead atoms. The van der Waals surface area contributed by atoms with Gasteiger partial charge in [-0.1, -0.05) is 29.4 Å². The Bertz CT molecular complexity index is 721. The van der Waals surface area contributed by atoms with Crippen molar-refractivity contribution in [2.24, 2.45) is 0 Å². The zero-order valence-corrected chi connectivity index (χ0v) is 15.1. The molecule has 0 aliphatic carbocycles. The molecule has 2 aromatic rings. The third kappa shape index (κ3) is 5.11.